The van der Waals surface area contributed by atoms with Crippen molar-refractivity contribution in [3.05, 3.63) is 87.8 Å². The highest BCUT2D eigenvalue weighted by molar-refractivity contribution is 8.19. The van der Waals surface area contributed by atoms with Gasteiger partial charge < -0.3 is 9.64 Å². The number of anilines is 1. The van der Waals surface area contributed by atoms with Crippen LogP contribution in [0, 0.1) is 0 Å². The maximum atomic E-state index is 13.0. The molecule has 32 heavy (non-hydrogen) atoms. The van der Waals surface area contributed by atoms with Gasteiger partial charge in [0.1, 0.15) is 16.4 Å². The first-order valence-corrected chi connectivity index (χ1v) is 11.8. The third kappa shape index (κ3) is 3.99. The van der Waals surface area contributed by atoms with Crippen molar-refractivity contribution in [3.63, 3.8) is 0 Å². The largest absolute Gasteiger partial charge is 0.457 e. The number of rotatable bonds is 3. The highest BCUT2D eigenvalue weighted by atomic mass is 35.5. The van der Waals surface area contributed by atoms with Crippen molar-refractivity contribution in [2.75, 3.05) is 19.0 Å². The molecule has 5 rings (SSSR count). The molecule has 0 N–H and O–H groups in total. The Kier molecular flexibility index (Phi) is 5.63. The normalized spacial score (nSPS) is 19.1. The molecule has 0 saturated carbocycles. The Hall–Kier alpha value is -2.87. The smallest absolute Gasteiger partial charge is 0.269 e. The number of fused-ring (bicyclic) bond motifs is 1. The molecule has 2 aliphatic rings. The highest BCUT2D eigenvalue weighted by Gasteiger charge is 2.37. The lowest BCUT2D eigenvalue weighted by molar-refractivity contribution is -0.121. The minimum atomic E-state index is -0.0639. The first kappa shape index (κ1) is 21.0. The van der Waals surface area contributed by atoms with Gasteiger partial charge in [-0.1, -0.05) is 41.6 Å². The van der Waals surface area contributed by atoms with Gasteiger partial charge in [0.05, 0.1) is 16.4 Å². The molecule has 8 heteroatoms. The number of nitrogens with zero attached hydrogens (tertiary/aromatic N) is 3. The van der Waals surface area contributed by atoms with Gasteiger partial charge in [0.25, 0.3) is 5.91 Å². The molecule has 160 valence electrons. The van der Waals surface area contributed by atoms with Crippen molar-refractivity contribution in [2.45, 2.75) is 4.90 Å². The summed E-state index contributed by atoms with van der Waals surface area (Å²) in [6.07, 6.45) is 0. The molecule has 1 fully saturated rings. The van der Waals surface area contributed by atoms with E-state index < -0.39 is 0 Å². The number of carbonyl (C=O) groups excluding carboxylic acids is 1. The van der Waals surface area contributed by atoms with E-state index in [4.69, 9.17) is 21.3 Å². The van der Waals surface area contributed by atoms with Crippen LogP contribution in [-0.4, -0.2) is 30.1 Å². The molecule has 5 nitrogen and oxygen atoms in total. The summed E-state index contributed by atoms with van der Waals surface area (Å²) in [6.45, 7) is 0. The second-order valence-corrected chi connectivity index (χ2v) is 9.62. The van der Waals surface area contributed by atoms with Gasteiger partial charge in [-0.25, -0.2) is 4.99 Å². The average Bonchev–Trinajstić information content (AvgIpc) is 3.27. The summed E-state index contributed by atoms with van der Waals surface area (Å²) in [6, 6.07) is 22.9. The van der Waals surface area contributed by atoms with Gasteiger partial charge in [0, 0.05) is 24.0 Å². The Labute approximate surface area is 199 Å². The van der Waals surface area contributed by atoms with Crippen molar-refractivity contribution in [2.24, 2.45) is 4.99 Å². The number of benzene rings is 3. The summed E-state index contributed by atoms with van der Waals surface area (Å²) < 4.78 is 5.83. The van der Waals surface area contributed by atoms with E-state index in [2.05, 4.69) is 0 Å². The number of amides is 1. The molecule has 3 aromatic rings. The fourth-order valence-electron chi connectivity index (χ4n) is 3.32. The molecule has 1 amide bonds. The summed E-state index contributed by atoms with van der Waals surface area (Å²) in [4.78, 5) is 23.0. The lowest BCUT2D eigenvalue weighted by Crippen LogP contribution is -2.24. The Morgan fingerprint density at radius 1 is 0.875 bits per heavy atom. The second kappa shape index (κ2) is 8.58. The van der Waals surface area contributed by atoms with Crippen molar-refractivity contribution >= 4 is 57.6 Å². The minimum absolute atomic E-state index is 0.0639. The van der Waals surface area contributed by atoms with Crippen LogP contribution in [0.5, 0.6) is 11.5 Å². The number of aliphatic imine (C=N–C) groups is 1. The predicted octanol–water partition coefficient (Wildman–Crippen LogP) is 6.74. The third-order valence-electron chi connectivity index (χ3n) is 5.01. The standard InChI is InChI=1S/C24H18ClN3O2S2/c1-27-19-14-15(25)8-13-20(19)31-23(27)21-22(29)28(2)24(32-21)26-16-9-11-18(12-10-16)30-17-6-4-3-5-7-17/h3-14H,1-2H3. The van der Waals surface area contributed by atoms with Gasteiger partial charge in [-0.3, -0.25) is 9.69 Å². The summed E-state index contributed by atoms with van der Waals surface area (Å²) >= 11 is 9.12. The van der Waals surface area contributed by atoms with Gasteiger partial charge >= 0.3 is 0 Å². The van der Waals surface area contributed by atoms with Crippen molar-refractivity contribution < 1.29 is 9.53 Å². The van der Waals surface area contributed by atoms with E-state index in [1.165, 1.54) is 11.8 Å². The van der Waals surface area contributed by atoms with Crippen molar-refractivity contribution in [1.82, 2.24) is 4.90 Å². The fourth-order valence-corrected chi connectivity index (χ4v) is 5.80. The van der Waals surface area contributed by atoms with Crippen LogP contribution in [0.2, 0.25) is 5.02 Å². The second-order valence-electron chi connectivity index (χ2n) is 7.18. The third-order valence-corrected chi connectivity index (χ3v) is 7.73. The predicted molar refractivity (Wildman–Crippen MR) is 133 cm³/mol. The number of likely N-dealkylation sites (N-methyl/N-ethyl adjacent to an activating group) is 1. The number of ether oxygens (including phenoxy) is 1. The van der Waals surface area contributed by atoms with Crippen LogP contribution in [0.4, 0.5) is 11.4 Å². The quantitative estimate of drug-likeness (QED) is 0.389. The molecule has 0 atom stereocenters. The number of halogens is 1. The lowest BCUT2D eigenvalue weighted by atomic mass is 10.3. The number of hydrogen-bond acceptors (Lipinski definition) is 6. The van der Waals surface area contributed by atoms with E-state index in [-0.39, 0.29) is 5.91 Å². The molecule has 0 radical (unpaired) electrons. The number of carbonyl (C=O) groups is 1. The van der Waals surface area contributed by atoms with E-state index in [1.54, 1.807) is 23.7 Å². The number of hydrogen-bond donors (Lipinski definition) is 0. The van der Waals surface area contributed by atoms with Crippen LogP contribution >= 0.6 is 35.1 Å². The van der Waals surface area contributed by atoms with E-state index in [9.17, 15) is 4.79 Å². The molecular formula is C24H18ClN3O2S2. The highest BCUT2D eigenvalue weighted by Crippen LogP contribution is 2.50. The van der Waals surface area contributed by atoms with Gasteiger partial charge in [-0.05, 0) is 66.4 Å². The van der Waals surface area contributed by atoms with E-state index in [1.807, 2.05) is 84.7 Å². The summed E-state index contributed by atoms with van der Waals surface area (Å²) in [7, 11) is 3.70. The van der Waals surface area contributed by atoms with E-state index >= 15 is 0 Å². The first-order valence-electron chi connectivity index (χ1n) is 9.82. The monoisotopic (exact) mass is 479 g/mol. The molecule has 1 saturated heterocycles. The Morgan fingerprint density at radius 2 is 1.59 bits per heavy atom. The van der Waals surface area contributed by atoms with Gasteiger partial charge in [0.15, 0.2) is 5.17 Å². The number of amidine groups is 1. The van der Waals surface area contributed by atoms with Crippen LogP contribution < -0.4 is 9.64 Å². The van der Waals surface area contributed by atoms with Crippen LogP contribution in [0.1, 0.15) is 0 Å². The number of thioether (sulfide) groups is 2. The molecule has 3 aromatic carbocycles. The van der Waals surface area contributed by atoms with Gasteiger partial charge in [-0.15, -0.1) is 0 Å². The molecule has 0 aromatic heterocycles. The zero-order valence-corrected chi connectivity index (χ0v) is 19.7. The van der Waals surface area contributed by atoms with Crippen LogP contribution in [0.15, 0.2) is 92.6 Å². The minimum Gasteiger partial charge on any atom is -0.457 e. The van der Waals surface area contributed by atoms with Crippen LogP contribution in [-0.2, 0) is 4.79 Å². The van der Waals surface area contributed by atoms with Gasteiger partial charge in [0.2, 0.25) is 0 Å². The summed E-state index contributed by atoms with van der Waals surface area (Å²) in [5.41, 5.74) is 1.75. The molecule has 0 unspecified atom stereocenters. The summed E-state index contributed by atoms with van der Waals surface area (Å²) in [5.74, 6) is 1.44. The zero-order valence-electron chi connectivity index (χ0n) is 17.3. The molecule has 2 heterocycles. The fraction of sp³-hybridized carbons (Fsp3) is 0.0833. The molecule has 0 bridgehead atoms. The van der Waals surface area contributed by atoms with Gasteiger partial charge in [-0.2, -0.15) is 0 Å². The lowest BCUT2D eigenvalue weighted by Gasteiger charge is -2.14. The molecule has 0 aliphatic carbocycles. The number of para-hydroxylation sites is 1. The molecule has 2 aliphatic heterocycles. The van der Waals surface area contributed by atoms with Crippen LogP contribution in [0.25, 0.3) is 0 Å². The Bertz CT molecular complexity index is 1260. The SMILES string of the molecule is CN1C(=O)C(=C2Sc3ccc(Cl)cc3N2C)SC1=Nc1ccc(Oc2ccccc2)cc1. The average molecular weight is 480 g/mol. The molecule has 0 spiro atoms. The molecular weight excluding hydrogens is 462 g/mol. The maximum Gasteiger partial charge on any atom is 0.269 e. The van der Waals surface area contributed by atoms with E-state index in [0.29, 0.717) is 15.1 Å². The van der Waals surface area contributed by atoms with Crippen molar-refractivity contribution in [1.29, 1.82) is 0 Å². The Morgan fingerprint density at radius 3 is 2.34 bits per heavy atom. The van der Waals surface area contributed by atoms with Crippen molar-refractivity contribution in [3.8, 4) is 11.5 Å². The zero-order chi connectivity index (χ0) is 22.2. The van der Waals surface area contributed by atoms with E-state index in [0.717, 1.165) is 32.8 Å². The Balaban J connectivity index is 1.38. The van der Waals surface area contributed by atoms with Crippen LogP contribution in [0.3, 0.4) is 0 Å². The summed E-state index contributed by atoms with van der Waals surface area (Å²) in [5, 5.41) is 2.20. The first-order chi connectivity index (χ1) is 15.5. The maximum absolute atomic E-state index is 13.0. The topological polar surface area (TPSA) is 45.1 Å².